The number of nitrogens with one attached hydrogen (secondary N) is 1. The van der Waals surface area contributed by atoms with Crippen LogP contribution in [0.3, 0.4) is 0 Å². The molecule has 1 aliphatic rings. The fourth-order valence-corrected chi connectivity index (χ4v) is 2.86. The SMILES string of the molecule is CS[C@@H]1[C@@H](O)[C@H](CO)O[C@H]1n1ccc(=O)[nH]c1=O. The van der Waals surface area contributed by atoms with Gasteiger partial charge >= 0.3 is 5.69 Å². The summed E-state index contributed by atoms with van der Waals surface area (Å²) >= 11 is 1.34. The zero-order valence-electron chi connectivity index (χ0n) is 9.65. The van der Waals surface area contributed by atoms with Gasteiger partial charge in [-0.3, -0.25) is 14.3 Å². The lowest BCUT2D eigenvalue weighted by molar-refractivity contribution is -0.0457. The van der Waals surface area contributed by atoms with Crippen LogP contribution in [0.4, 0.5) is 0 Å². The quantitative estimate of drug-likeness (QED) is 0.621. The molecule has 0 saturated carbocycles. The van der Waals surface area contributed by atoms with Crippen LogP contribution in [0.2, 0.25) is 0 Å². The van der Waals surface area contributed by atoms with Crippen LogP contribution >= 0.6 is 11.8 Å². The first-order chi connectivity index (χ1) is 8.58. The van der Waals surface area contributed by atoms with Gasteiger partial charge in [0, 0.05) is 12.3 Å². The molecule has 0 aromatic carbocycles. The molecule has 0 spiro atoms. The van der Waals surface area contributed by atoms with Gasteiger partial charge in [0.25, 0.3) is 5.56 Å². The highest BCUT2D eigenvalue weighted by Crippen LogP contribution is 2.35. The van der Waals surface area contributed by atoms with Crippen molar-refractivity contribution in [3.05, 3.63) is 33.1 Å². The largest absolute Gasteiger partial charge is 0.394 e. The molecule has 100 valence electrons. The molecule has 1 saturated heterocycles. The highest BCUT2D eigenvalue weighted by atomic mass is 32.2. The second-order valence-corrected chi connectivity index (χ2v) is 4.97. The van der Waals surface area contributed by atoms with Gasteiger partial charge in [-0.05, 0) is 6.26 Å². The maximum Gasteiger partial charge on any atom is 0.330 e. The molecule has 1 aliphatic heterocycles. The molecule has 0 radical (unpaired) electrons. The van der Waals surface area contributed by atoms with Gasteiger partial charge in [-0.1, -0.05) is 0 Å². The van der Waals surface area contributed by atoms with Crippen molar-refractivity contribution < 1.29 is 14.9 Å². The zero-order valence-corrected chi connectivity index (χ0v) is 10.5. The second kappa shape index (κ2) is 5.27. The number of aliphatic hydroxyl groups excluding tert-OH is 2. The Balaban J connectivity index is 2.38. The van der Waals surface area contributed by atoms with Gasteiger partial charge in [0.2, 0.25) is 0 Å². The Morgan fingerprint density at radius 2 is 2.28 bits per heavy atom. The van der Waals surface area contributed by atoms with E-state index in [1.807, 2.05) is 0 Å². The van der Waals surface area contributed by atoms with E-state index in [1.54, 1.807) is 6.26 Å². The lowest BCUT2D eigenvalue weighted by atomic mass is 10.2. The Labute approximate surface area is 106 Å². The van der Waals surface area contributed by atoms with E-state index in [1.165, 1.54) is 28.6 Å². The molecule has 8 heteroatoms. The summed E-state index contributed by atoms with van der Waals surface area (Å²) in [6.45, 7) is -0.327. The van der Waals surface area contributed by atoms with Crippen molar-refractivity contribution in [1.29, 1.82) is 0 Å². The van der Waals surface area contributed by atoms with Crippen LogP contribution in [-0.4, -0.2) is 50.1 Å². The Hall–Kier alpha value is -1.09. The number of thioether (sulfide) groups is 1. The van der Waals surface area contributed by atoms with Crippen LogP contribution in [0.25, 0.3) is 0 Å². The first-order valence-electron chi connectivity index (χ1n) is 5.37. The summed E-state index contributed by atoms with van der Waals surface area (Å²) in [5.41, 5.74) is -1.09. The van der Waals surface area contributed by atoms with Crippen molar-refractivity contribution in [2.45, 2.75) is 23.7 Å². The minimum absolute atomic E-state index is 0.327. The van der Waals surface area contributed by atoms with Crippen molar-refractivity contribution in [3.63, 3.8) is 0 Å². The second-order valence-electron chi connectivity index (χ2n) is 3.96. The molecule has 4 atom stereocenters. The minimum atomic E-state index is -0.867. The zero-order chi connectivity index (χ0) is 13.3. The minimum Gasteiger partial charge on any atom is -0.394 e. The molecular weight excluding hydrogens is 260 g/mol. The molecule has 1 aromatic heterocycles. The van der Waals surface area contributed by atoms with E-state index in [4.69, 9.17) is 9.84 Å². The van der Waals surface area contributed by atoms with E-state index in [9.17, 15) is 14.7 Å². The number of H-pyrrole nitrogens is 1. The molecule has 0 aliphatic carbocycles. The van der Waals surface area contributed by atoms with Crippen molar-refractivity contribution in [3.8, 4) is 0 Å². The third kappa shape index (κ3) is 2.24. The van der Waals surface area contributed by atoms with Crippen LogP contribution in [0.1, 0.15) is 6.23 Å². The summed E-state index contributed by atoms with van der Waals surface area (Å²) in [5, 5.41) is 18.6. The molecular formula is C10H14N2O5S. The highest BCUT2D eigenvalue weighted by Gasteiger charge is 2.44. The summed E-state index contributed by atoms with van der Waals surface area (Å²) in [7, 11) is 0. The third-order valence-electron chi connectivity index (χ3n) is 2.89. The fourth-order valence-electron chi connectivity index (χ4n) is 1.98. The Kier molecular flexibility index (Phi) is 3.91. The number of ether oxygens (including phenoxy) is 1. The van der Waals surface area contributed by atoms with Gasteiger partial charge in [0.05, 0.1) is 18.0 Å². The van der Waals surface area contributed by atoms with Crippen LogP contribution in [-0.2, 0) is 4.74 Å². The van der Waals surface area contributed by atoms with E-state index < -0.39 is 29.7 Å². The van der Waals surface area contributed by atoms with Crippen molar-refractivity contribution >= 4 is 11.8 Å². The fraction of sp³-hybridized carbons (Fsp3) is 0.600. The van der Waals surface area contributed by atoms with E-state index >= 15 is 0 Å². The Morgan fingerprint density at radius 3 is 2.83 bits per heavy atom. The van der Waals surface area contributed by atoms with Crippen LogP contribution in [0.5, 0.6) is 0 Å². The monoisotopic (exact) mass is 274 g/mol. The predicted molar refractivity (Wildman–Crippen MR) is 65.6 cm³/mol. The smallest absolute Gasteiger partial charge is 0.330 e. The van der Waals surface area contributed by atoms with E-state index in [0.717, 1.165) is 0 Å². The number of rotatable bonds is 3. The molecule has 2 rings (SSSR count). The average Bonchev–Trinajstić information content (AvgIpc) is 2.65. The van der Waals surface area contributed by atoms with Gasteiger partial charge in [-0.2, -0.15) is 11.8 Å². The molecule has 0 bridgehead atoms. The molecule has 0 unspecified atom stereocenters. The summed E-state index contributed by atoms with van der Waals surface area (Å²) in [6.07, 6.45) is 0.791. The molecule has 3 N–H and O–H groups in total. The number of aliphatic hydroxyl groups is 2. The predicted octanol–water partition coefficient (Wildman–Crippen LogP) is -1.48. The van der Waals surface area contributed by atoms with E-state index in [0.29, 0.717) is 0 Å². The molecule has 1 aromatic rings. The highest BCUT2D eigenvalue weighted by molar-refractivity contribution is 7.99. The maximum atomic E-state index is 11.7. The van der Waals surface area contributed by atoms with Gasteiger partial charge in [-0.15, -0.1) is 0 Å². The van der Waals surface area contributed by atoms with Crippen LogP contribution in [0, 0.1) is 0 Å². The number of hydrogen-bond donors (Lipinski definition) is 3. The van der Waals surface area contributed by atoms with Gasteiger partial charge < -0.3 is 14.9 Å². The van der Waals surface area contributed by atoms with E-state index in [-0.39, 0.29) is 11.9 Å². The first-order valence-corrected chi connectivity index (χ1v) is 6.66. The van der Waals surface area contributed by atoms with Gasteiger partial charge in [0.15, 0.2) is 6.23 Å². The van der Waals surface area contributed by atoms with Crippen molar-refractivity contribution in [2.24, 2.45) is 0 Å². The van der Waals surface area contributed by atoms with Crippen molar-refractivity contribution in [2.75, 3.05) is 12.9 Å². The Bertz CT molecular complexity index is 527. The topological polar surface area (TPSA) is 105 Å². The normalized spacial score (nSPS) is 31.7. The molecule has 1 fully saturated rings. The standard InChI is InChI=1S/C10H14N2O5S/c1-18-8-7(15)5(4-13)17-9(8)12-3-2-6(14)11-10(12)16/h2-3,5,7-9,13,15H,4H2,1H3,(H,11,14,16)/t5-,7-,8+,9+/m0/s1. The average molecular weight is 274 g/mol. The number of aromatic nitrogens is 2. The maximum absolute atomic E-state index is 11.7. The molecule has 2 heterocycles. The lowest BCUT2D eigenvalue weighted by Crippen LogP contribution is -2.36. The Morgan fingerprint density at radius 1 is 1.56 bits per heavy atom. The summed E-state index contributed by atoms with van der Waals surface area (Å²) in [4.78, 5) is 24.8. The first kappa shape index (κ1) is 13.3. The number of nitrogens with zero attached hydrogens (tertiary/aromatic N) is 1. The summed E-state index contributed by atoms with van der Waals surface area (Å²) < 4.78 is 6.66. The summed E-state index contributed by atoms with van der Waals surface area (Å²) in [6, 6.07) is 1.21. The van der Waals surface area contributed by atoms with Crippen molar-refractivity contribution in [1.82, 2.24) is 9.55 Å². The number of aromatic amines is 1. The third-order valence-corrected chi connectivity index (χ3v) is 3.95. The van der Waals surface area contributed by atoms with Crippen LogP contribution in [0.15, 0.2) is 21.9 Å². The van der Waals surface area contributed by atoms with E-state index in [2.05, 4.69) is 4.98 Å². The van der Waals surface area contributed by atoms with Gasteiger partial charge in [-0.25, -0.2) is 4.79 Å². The molecule has 0 amide bonds. The molecule has 7 nitrogen and oxygen atoms in total. The molecule has 18 heavy (non-hydrogen) atoms. The lowest BCUT2D eigenvalue weighted by Gasteiger charge is -2.19. The number of hydrogen-bond acceptors (Lipinski definition) is 6. The van der Waals surface area contributed by atoms with Gasteiger partial charge in [0.1, 0.15) is 6.10 Å². The summed E-state index contributed by atoms with van der Waals surface area (Å²) in [5.74, 6) is 0. The van der Waals surface area contributed by atoms with Crippen LogP contribution < -0.4 is 11.2 Å².